The molecular formula is C12H19NO5. The molecule has 0 aliphatic carbocycles. The first-order valence-electron chi connectivity index (χ1n) is 6.08. The lowest BCUT2D eigenvalue weighted by Crippen LogP contribution is -2.67. The van der Waals surface area contributed by atoms with E-state index in [0.717, 1.165) is 0 Å². The van der Waals surface area contributed by atoms with E-state index in [2.05, 4.69) is 0 Å². The van der Waals surface area contributed by atoms with Gasteiger partial charge in [-0.05, 0) is 27.2 Å². The van der Waals surface area contributed by atoms with Gasteiger partial charge in [-0.15, -0.1) is 0 Å². The maximum atomic E-state index is 11.8. The van der Waals surface area contributed by atoms with Gasteiger partial charge in [0.05, 0.1) is 19.0 Å². The minimum Gasteiger partial charge on any atom is -0.481 e. The zero-order valence-corrected chi connectivity index (χ0v) is 10.9. The first-order valence-corrected chi connectivity index (χ1v) is 6.08. The summed E-state index contributed by atoms with van der Waals surface area (Å²) in [6.45, 7) is 6.45. The molecule has 0 radical (unpaired) electrons. The smallest absolute Gasteiger partial charge is 0.410 e. The molecule has 1 amide bonds. The van der Waals surface area contributed by atoms with E-state index in [1.165, 1.54) is 4.90 Å². The molecule has 0 saturated carbocycles. The van der Waals surface area contributed by atoms with Gasteiger partial charge in [0.2, 0.25) is 0 Å². The molecule has 1 N–H and O–H groups in total. The van der Waals surface area contributed by atoms with E-state index in [0.29, 0.717) is 26.1 Å². The topological polar surface area (TPSA) is 76.1 Å². The Hall–Kier alpha value is -1.30. The second-order valence-corrected chi connectivity index (χ2v) is 5.93. The summed E-state index contributed by atoms with van der Waals surface area (Å²) in [6.07, 6.45) is 0.102. The molecule has 6 heteroatoms. The first kappa shape index (κ1) is 13.1. The molecule has 18 heavy (non-hydrogen) atoms. The van der Waals surface area contributed by atoms with Gasteiger partial charge in [0.1, 0.15) is 11.2 Å². The van der Waals surface area contributed by atoms with E-state index in [1.54, 1.807) is 20.8 Å². The molecule has 6 nitrogen and oxygen atoms in total. The monoisotopic (exact) mass is 257 g/mol. The second kappa shape index (κ2) is 4.12. The number of carboxylic acid groups (broad SMARTS) is 1. The summed E-state index contributed by atoms with van der Waals surface area (Å²) in [5.41, 5.74) is -1.23. The zero-order valence-electron chi connectivity index (χ0n) is 10.9. The maximum Gasteiger partial charge on any atom is 0.410 e. The molecule has 2 aliphatic rings. The highest BCUT2D eigenvalue weighted by atomic mass is 16.6. The average Bonchev–Trinajstić information content (AvgIpc) is 2.55. The van der Waals surface area contributed by atoms with Gasteiger partial charge in [0, 0.05) is 6.61 Å². The van der Waals surface area contributed by atoms with E-state index in [4.69, 9.17) is 14.6 Å². The van der Waals surface area contributed by atoms with Gasteiger partial charge >= 0.3 is 12.1 Å². The van der Waals surface area contributed by atoms with Crippen molar-refractivity contribution in [1.29, 1.82) is 0 Å². The average molecular weight is 257 g/mol. The molecule has 0 aromatic carbocycles. The number of carbonyl (C=O) groups is 2. The summed E-state index contributed by atoms with van der Waals surface area (Å²) in [6, 6.07) is 0. The fourth-order valence-electron chi connectivity index (χ4n) is 2.46. The molecule has 1 atom stereocenters. The van der Waals surface area contributed by atoms with E-state index in [9.17, 15) is 9.59 Å². The maximum absolute atomic E-state index is 11.8. The van der Waals surface area contributed by atoms with Crippen LogP contribution in [-0.4, -0.2) is 53.0 Å². The largest absolute Gasteiger partial charge is 0.481 e. The van der Waals surface area contributed by atoms with E-state index >= 15 is 0 Å². The molecule has 2 heterocycles. The van der Waals surface area contributed by atoms with Crippen molar-refractivity contribution < 1.29 is 24.2 Å². The van der Waals surface area contributed by atoms with Crippen LogP contribution in [0.5, 0.6) is 0 Å². The van der Waals surface area contributed by atoms with Crippen LogP contribution in [0, 0.1) is 5.92 Å². The number of hydrogen-bond donors (Lipinski definition) is 1. The van der Waals surface area contributed by atoms with Crippen LogP contribution in [0.15, 0.2) is 0 Å². The Balaban J connectivity index is 1.93. The fourth-order valence-corrected chi connectivity index (χ4v) is 2.46. The zero-order chi connectivity index (χ0) is 13.6. The number of aliphatic carboxylic acids is 1. The van der Waals surface area contributed by atoms with Crippen LogP contribution in [-0.2, 0) is 14.3 Å². The van der Waals surface area contributed by atoms with E-state index < -0.39 is 29.2 Å². The van der Waals surface area contributed by atoms with Crippen molar-refractivity contribution >= 4 is 12.1 Å². The second-order valence-electron chi connectivity index (χ2n) is 5.93. The third kappa shape index (κ3) is 2.29. The number of ether oxygens (including phenoxy) is 2. The third-order valence-electron chi connectivity index (χ3n) is 3.30. The Labute approximate surface area is 106 Å². The van der Waals surface area contributed by atoms with Crippen molar-refractivity contribution in [3.63, 3.8) is 0 Å². The highest BCUT2D eigenvalue weighted by Gasteiger charge is 2.58. The lowest BCUT2D eigenvalue weighted by Gasteiger charge is -2.48. The van der Waals surface area contributed by atoms with Crippen LogP contribution in [0.4, 0.5) is 4.79 Å². The number of rotatable bonds is 1. The van der Waals surface area contributed by atoms with Gasteiger partial charge in [-0.1, -0.05) is 0 Å². The summed E-state index contributed by atoms with van der Waals surface area (Å²) < 4.78 is 10.8. The molecule has 2 rings (SSSR count). The van der Waals surface area contributed by atoms with Gasteiger partial charge < -0.3 is 19.5 Å². The van der Waals surface area contributed by atoms with E-state index in [-0.39, 0.29) is 0 Å². The molecule has 2 aliphatic heterocycles. The predicted octanol–water partition coefficient (Wildman–Crippen LogP) is 1.10. The Morgan fingerprint density at radius 3 is 2.50 bits per heavy atom. The Morgan fingerprint density at radius 1 is 1.39 bits per heavy atom. The van der Waals surface area contributed by atoms with Crippen molar-refractivity contribution in [3.05, 3.63) is 0 Å². The van der Waals surface area contributed by atoms with Crippen molar-refractivity contribution in [2.45, 2.75) is 38.4 Å². The van der Waals surface area contributed by atoms with Crippen LogP contribution in [0.3, 0.4) is 0 Å². The van der Waals surface area contributed by atoms with Crippen LogP contribution in [0.25, 0.3) is 0 Å². The van der Waals surface area contributed by atoms with E-state index in [1.807, 2.05) is 0 Å². The van der Waals surface area contributed by atoms with Crippen molar-refractivity contribution in [2.24, 2.45) is 5.92 Å². The summed E-state index contributed by atoms with van der Waals surface area (Å²) in [5.74, 6) is -1.37. The molecule has 2 saturated heterocycles. The highest BCUT2D eigenvalue weighted by Crippen LogP contribution is 2.40. The highest BCUT2D eigenvalue weighted by molar-refractivity contribution is 5.75. The van der Waals surface area contributed by atoms with Crippen molar-refractivity contribution in [3.8, 4) is 0 Å². The molecule has 0 unspecified atom stereocenters. The summed E-state index contributed by atoms with van der Waals surface area (Å²) >= 11 is 0. The molecule has 102 valence electrons. The number of nitrogens with zero attached hydrogens (tertiary/aromatic N) is 1. The SMILES string of the molecule is CC(C)(C)OC(=O)N1CC2(C1)OCC[C@H]2C(=O)O. The fraction of sp³-hybridized carbons (Fsp3) is 0.833. The predicted molar refractivity (Wildman–Crippen MR) is 62.2 cm³/mol. The molecule has 1 spiro atoms. The minimum absolute atomic E-state index is 0.304. The Morgan fingerprint density at radius 2 is 2.00 bits per heavy atom. The van der Waals surface area contributed by atoms with Crippen LogP contribution < -0.4 is 0 Å². The Kier molecular flexibility index (Phi) is 3.01. The quantitative estimate of drug-likeness (QED) is 0.761. The normalized spacial score (nSPS) is 25.9. The lowest BCUT2D eigenvalue weighted by atomic mass is 9.81. The number of hydrogen-bond acceptors (Lipinski definition) is 4. The van der Waals surface area contributed by atoms with Gasteiger partial charge in [0.15, 0.2) is 0 Å². The van der Waals surface area contributed by atoms with Crippen LogP contribution in [0.2, 0.25) is 0 Å². The lowest BCUT2D eigenvalue weighted by molar-refractivity contribution is -0.163. The van der Waals surface area contributed by atoms with Gasteiger partial charge in [-0.2, -0.15) is 0 Å². The number of amides is 1. The van der Waals surface area contributed by atoms with Gasteiger partial charge in [-0.3, -0.25) is 4.79 Å². The number of carbonyl (C=O) groups excluding carboxylic acids is 1. The van der Waals surface area contributed by atoms with Crippen LogP contribution in [0.1, 0.15) is 27.2 Å². The standard InChI is InChI=1S/C12H19NO5/c1-11(2,3)18-10(16)13-6-12(7-13)8(9(14)15)4-5-17-12/h8H,4-7H2,1-3H3,(H,14,15)/t8-/m0/s1. The third-order valence-corrected chi connectivity index (χ3v) is 3.30. The molecule has 0 bridgehead atoms. The number of likely N-dealkylation sites (tertiary alicyclic amines) is 1. The molecule has 0 aromatic heterocycles. The van der Waals surface area contributed by atoms with Gasteiger partial charge in [0.25, 0.3) is 0 Å². The first-order chi connectivity index (χ1) is 8.23. The molecular weight excluding hydrogens is 238 g/mol. The Bertz CT molecular complexity index is 367. The van der Waals surface area contributed by atoms with Crippen molar-refractivity contribution in [2.75, 3.05) is 19.7 Å². The van der Waals surface area contributed by atoms with Crippen molar-refractivity contribution in [1.82, 2.24) is 4.90 Å². The summed E-state index contributed by atoms with van der Waals surface area (Å²) in [7, 11) is 0. The molecule has 0 aromatic rings. The molecule has 2 fully saturated rings. The number of carboxylic acids is 1. The summed E-state index contributed by atoms with van der Waals surface area (Å²) in [5, 5.41) is 9.11. The minimum atomic E-state index is -0.851. The summed E-state index contributed by atoms with van der Waals surface area (Å²) in [4.78, 5) is 24.4. The van der Waals surface area contributed by atoms with Gasteiger partial charge in [-0.25, -0.2) is 4.79 Å². The van der Waals surface area contributed by atoms with Crippen LogP contribution >= 0.6 is 0 Å².